The predicted molar refractivity (Wildman–Crippen MR) is 78.5 cm³/mol. The molecule has 20 heavy (non-hydrogen) atoms. The molecule has 0 aromatic carbocycles. The number of nitrogens with one attached hydrogen (secondary N) is 2. The van der Waals surface area contributed by atoms with Crippen molar-refractivity contribution in [3.8, 4) is 0 Å². The third-order valence-electron chi connectivity index (χ3n) is 2.39. The first-order chi connectivity index (χ1) is 9.53. The summed E-state index contributed by atoms with van der Waals surface area (Å²) < 4.78 is 26.8. The maximum absolute atomic E-state index is 12.2. The van der Waals surface area contributed by atoms with Crippen molar-refractivity contribution in [1.29, 1.82) is 0 Å². The van der Waals surface area contributed by atoms with Gasteiger partial charge in [0.05, 0.1) is 9.92 Å². The molecule has 2 rings (SSSR count). The Morgan fingerprint density at radius 1 is 1.25 bits per heavy atom. The van der Waals surface area contributed by atoms with Gasteiger partial charge in [0.1, 0.15) is 5.82 Å². The SMILES string of the molecule is CCNc1cc(S(=O)(=O)Nc2ncccc2Cl)ccn1. The fraction of sp³-hybridized carbons (Fsp3) is 0.167. The van der Waals surface area contributed by atoms with Gasteiger partial charge in [-0.2, -0.15) is 0 Å². The Bertz CT molecular complexity index is 706. The maximum Gasteiger partial charge on any atom is 0.263 e. The van der Waals surface area contributed by atoms with Gasteiger partial charge in [-0.15, -0.1) is 0 Å². The van der Waals surface area contributed by atoms with E-state index in [0.29, 0.717) is 12.4 Å². The summed E-state index contributed by atoms with van der Waals surface area (Å²) in [5, 5.41) is 3.18. The Labute approximate surface area is 122 Å². The van der Waals surface area contributed by atoms with Gasteiger partial charge < -0.3 is 5.32 Å². The lowest BCUT2D eigenvalue weighted by Crippen LogP contribution is -2.14. The Morgan fingerprint density at radius 3 is 2.75 bits per heavy atom. The molecule has 0 fully saturated rings. The maximum atomic E-state index is 12.2. The average Bonchev–Trinajstić information content (AvgIpc) is 2.42. The van der Waals surface area contributed by atoms with Crippen molar-refractivity contribution in [1.82, 2.24) is 9.97 Å². The highest BCUT2D eigenvalue weighted by Crippen LogP contribution is 2.22. The van der Waals surface area contributed by atoms with Gasteiger partial charge in [-0.25, -0.2) is 18.4 Å². The molecule has 106 valence electrons. The molecule has 0 aliphatic carbocycles. The van der Waals surface area contributed by atoms with Gasteiger partial charge in [0.15, 0.2) is 5.82 Å². The Kier molecular flexibility index (Phi) is 4.41. The predicted octanol–water partition coefficient (Wildman–Crippen LogP) is 2.36. The van der Waals surface area contributed by atoms with Crippen LogP contribution in [0.2, 0.25) is 5.02 Å². The average molecular weight is 313 g/mol. The van der Waals surface area contributed by atoms with Crippen LogP contribution >= 0.6 is 11.6 Å². The molecule has 0 atom stereocenters. The van der Waals surface area contributed by atoms with E-state index >= 15 is 0 Å². The van der Waals surface area contributed by atoms with Crippen molar-refractivity contribution < 1.29 is 8.42 Å². The quantitative estimate of drug-likeness (QED) is 0.885. The third kappa shape index (κ3) is 3.37. The summed E-state index contributed by atoms with van der Waals surface area (Å²) in [5.74, 6) is 0.582. The van der Waals surface area contributed by atoms with Crippen LogP contribution in [0.4, 0.5) is 11.6 Å². The number of nitrogens with zero attached hydrogens (tertiary/aromatic N) is 2. The fourth-order valence-corrected chi connectivity index (χ4v) is 2.77. The lowest BCUT2D eigenvalue weighted by molar-refractivity contribution is 0.601. The second kappa shape index (κ2) is 6.06. The third-order valence-corrected chi connectivity index (χ3v) is 4.03. The van der Waals surface area contributed by atoms with Crippen LogP contribution in [0.1, 0.15) is 6.92 Å². The molecule has 2 aromatic heterocycles. The minimum atomic E-state index is -3.75. The van der Waals surface area contributed by atoms with Crippen molar-refractivity contribution >= 4 is 33.3 Å². The number of halogens is 1. The minimum absolute atomic E-state index is 0.0881. The molecule has 2 aromatic rings. The summed E-state index contributed by atoms with van der Waals surface area (Å²) in [6, 6.07) is 6.03. The highest BCUT2D eigenvalue weighted by molar-refractivity contribution is 7.92. The van der Waals surface area contributed by atoms with Crippen LogP contribution in [0.25, 0.3) is 0 Å². The summed E-state index contributed by atoms with van der Waals surface area (Å²) in [5.41, 5.74) is 0. The topological polar surface area (TPSA) is 84.0 Å². The van der Waals surface area contributed by atoms with Gasteiger partial charge in [0.25, 0.3) is 10.0 Å². The van der Waals surface area contributed by atoms with Gasteiger partial charge in [-0.05, 0) is 25.1 Å². The van der Waals surface area contributed by atoms with E-state index in [1.165, 1.54) is 24.5 Å². The fourth-order valence-electron chi connectivity index (χ4n) is 1.50. The second-order valence-corrected chi connectivity index (χ2v) is 5.94. The van der Waals surface area contributed by atoms with Gasteiger partial charge in [0.2, 0.25) is 0 Å². The molecule has 0 saturated heterocycles. The first-order valence-corrected chi connectivity index (χ1v) is 7.72. The summed E-state index contributed by atoms with van der Waals surface area (Å²) >= 11 is 5.88. The van der Waals surface area contributed by atoms with Crippen molar-refractivity contribution in [3.63, 3.8) is 0 Å². The van der Waals surface area contributed by atoms with Crippen LogP contribution in [0.3, 0.4) is 0 Å². The van der Waals surface area contributed by atoms with Crippen LogP contribution < -0.4 is 10.0 Å². The number of sulfonamides is 1. The van der Waals surface area contributed by atoms with Crippen LogP contribution in [-0.4, -0.2) is 24.9 Å². The van der Waals surface area contributed by atoms with Gasteiger partial charge >= 0.3 is 0 Å². The van der Waals surface area contributed by atoms with Crippen molar-refractivity contribution in [2.24, 2.45) is 0 Å². The first-order valence-electron chi connectivity index (χ1n) is 5.86. The van der Waals surface area contributed by atoms with Crippen molar-refractivity contribution in [2.45, 2.75) is 11.8 Å². The zero-order valence-electron chi connectivity index (χ0n) is 10.7. The highest BCUT2D eigenvalue weighted by atomic mass is 35.5. The first kappa shape index (κ1) is 14.5. The van der Waals surface area contributed by atoms with Crippen LogP contribution in [0, 0.1) is 0 Å². The number of hydrogen-bond donors (Lipinski definition) is 2. The number of aromatic nitrogens is 2. The molecule has 0 bridgehead atoms. The van der Waals surface area contributed by atoms with Gasteiger partial charge in [0, 0.05) is 25.0 Å². The van der Waals surface area contributed by atoms with E-state index in [-0.39, 0.29) is 15.7 Å². The molecule has 0 aliphatic rings. The highest BCUT2D eigenvalue weighted by Gasteiger charge is 2.17. The molecule has 6 nitrogen and oxygen atoms in total. The van der Waals surface area contributed by atoms with Crippen LogP contribution in [0.15, 0.2) is 41.6 Å². The minimum Gasteiger partial charge on any atom is -0.370 e. The number of anilines is 2. The molecule has 0 amide bonds. The van der Waals surface area contributed by atoms with Crippen LogP contribution in [-0.2, 0) is 10.0 Å². The second-order valence-electron chi connectivity index (χ2n) is 3.85. The van der Waals surface area contributed by atoms with Gasteiger partial charge in [-0.1, -0.05) is 11.6 Å². The molecule has 8 heteroatoms. The van der Waals surface area contributed by atoms with Crippen molar-refractivity contribution in [3.05, 3.63) is 41.7 Å². The zero-order valence-corrected chi connectivity index (χ0v) is 12.2. The van der Waals surface area contributed by atoms with Crippen molar-refractivity contribution in [2.75, 3.05) is 16.6 Å². The Hall–Kier alpha value is -1.86. The lowest BCUT2D eigenvalue weighted by Gasteiger charge is -2.09. The monoisotopic (exact) mass is 312 g/mol. The zero-order chi connectivity index (χ0) is 14.6. The van der Waals surface area contributed by atoms with E-state index in [1.807, 2.05) is 6.92 Å². The molecule has 2 heterocycles. The Morgan fingerprint density at radius 2 is 2.05 bits per heavy atom. The summed E-state index contributed by atoms with van der Waals surface area (Å²) in [4.78, 5) is 8.00. The van der Waals surface area contributed by atoms with Crippen LogP contribution in [0.5, 0.6) is 0 Å². The lowest BCUT2D eigenvalue weighted by atomic mass is 10.4. The summed E-state index contributed by atoms with van der Waals surface area (Å²) in [7, 11) is -3.75. The molecule has 2 N–H and O–H groups in total. The molecule has 0 spiro atoms. The van der Waals surface area contributed by atoms with E-state index in [0.717, 1.165) is 0 Å². The summed E-state index contributed by atoms with van der Waals surface area (Å²) in [6.45, 7) is 2.55. The Balaban J connectivity index is 2.31. The smallest absolute Gasteiger partial charge is 0.263 e. The summed E-state index contributed by atoms with van der Waals surface area (Å²) in [6.07, 6.45) is 2.88. The van der Waals surface area contributed by atoms with E-state index in [2.05, 4.69) is 20.0 Å². The standard InChI is InChI=1S/C12H13ClN4O2S/c1-2-14-11-8-9(5-7-15-11)20(18,19)17-12-10(13)4-3-6-16-12/h3-8H,2H2,1H3,(H,14,15)(H,16,17). The van der Waals surface area contributed by atoms with E-state index in [1.54, 1.807) is 12.1 Å². The molecule has 0 radical (unpaired) electrons. The number of pyridine rings is 2. The molecule has 0 aliphatic heterocycles. The molecular weight excluding hydrogens is 300 g/mol. The van der Waals surface area contributed by atoms with E-state index < -0.39 is 10.0 Å². The largest absolute Gasteiger partial charge is 0.370 e. The number of rotatable bonds is 5. The normalized spacial score (nSPS) is 11.1. The van der Waals surface area contributed by atoms with E-state index in [4.69, 9.17) is 11.6 Å². The molecule has 0 unspecified atom stereocenters. The van der Waals surface area contributed by atoms with Gasteiger partial charge in [-0.3, -0.25) is 4.72 Å². The molecule has 0 saturated carbocycles. The van der Waals surface area contributed by atoms with E-state index in [9.17, 15) is 8.42 Å². The molecular formula is C12H13ClN4O2S. The number of hydrogen-bond acceptors (Lipinski definition) is 5.